The lowest BCUT2D eigenvalue weighted by Crippen LogP contribution is -1.96. The van der Waals surface area contributed by atoms with Crippen molar-refractivity contribution >= 4 is 28.7 Å². The van der Waals surface area contributed by atoms with E-state index in [4.69, 9.17) is 17.3 Å². The van der Waals surface area contributed by atoms with Gasteiger partial charge in [0.25, 0.3) is 0 Å². The number of aryl methyl sites for hydroxylation is 2. The summed E-state index contributed by atoms with van der Waals surface area (Å²) in [5, 5.41) is 3.95. The highest BCUT2D eigenvalue weighted by molar-refractivity contribution is 6.33. The van der Waals surface area contributed by atoms with Gasteiger partial charge in [0.2, 0.25) is 0 Å². The summed E-state index contributed by atoms with van der Waals surface area (Å²) in [4.78, 5) is 0. The fourth-order valence-corrected chi connectivity index (χ4v) is 2.20. The van der Waals surface area contributed by atoms with E-state index in [-0.39, 0.29) is 0 Å². The van der Waals surface area contributed by atoms with Crippen molar-refractivity contribution in [1.29, 1.82) is 0 Å². The lowest BCUT2D eigenvalue weighted by Gasteiger charge is -2.12. The first-order valence-corrected chi connectivity index (χ1v) is 6.89. The fourth-order valence-electron chi connectivity index (χ4n) is 2.04. The average molecular weight is 275 g/mol. The van der Waals surface area contributed by atoms with Crippen LogP contribution < -0.4 is 11.1 Å². The van der Waals surface area contributed by atoms with Crippen LogP contribution in [-0.4, -0.2) is 0 Å². The molecule has 2 aromatic rings. The first-order valence-electron chi connectivity index (χ1n) is 6.51. The van der Waals surface area contributed by atoms with E-state index < -0.39 is 0 Å². The van der Waals surface area contributed by atoms with Crippen molar-refractivity contribution in [3.05, 3.63) is 52.5 Å². The number of nitrogens with two attached hydrogens (primary N) is 1. The van der Waals surface area contributed by atoms with Crippen LogP contribution in [0.1, 0.15) is 24.5 Å². The molecule has 3 N–H and O–H groups in total. The van der Waals surface area contributed by atoms with Gasteiger partial charge in [0.15, 0.2) is 0 Å². The highest BCUT2D eigenvalue weighted by Gasteiger charge is 2.04. The standard InChI is InChI=1S/C16H19ClN2/c1-3-4-12-5-7-13(8-6-12)19-16-10-14(17)15(18)9-11(16)2/h5-10,19H,3-4,18H2,1-2H3. The summed E-state index contributed by atoms with van der Waals surface area (Å²) in [5.74, 6) is 0. The van der Waals surface area contributed by atoms with Crippen molar-refractivity contribution in [2.24, 2.45) is 0 Å². The molecule has 0 fully saturated rings. The molecule has 2 rings (SSSR count). The Hall–Kier alpha value is -1.67. The number of halogens is 1. The molecule has 0 saturated heterocycles. The van der Waals surface area contributed by atoms with Crippen molar-refractivity contribution in [3.63, 3.8) is 0 Å². The summed E-state index contributed by atoms with van der Waals surface area (Å²) < 4.78 is 0. The third-order valence-electron chi connectivity index (χ3n) is 3.12. The van der Waals surface area contributed by atoms with Gasteiger partial charge in [0, 0.05) is 11.4 Å². The zero-order chi connectivity index (χ0) is 13.8. The van der Waals surface area contributed by atoms with E-state index in [0.29, 0.717) is 10.7 Å². The quantitative estimate of drug-likeness (QED) is 0.776. The monoisotopic (exact) mass is 274 g/mol. The van der Waals surface area contributed by atoms with Crippen molar-refractivity contribution in [3.8, 4) is 0 Å². The molecule has 19 heavy (non-hydrogen) atoms. The van der Waals surface area contributed by atoms with E-state index >= 15 is 0 Å². The number of benzene rings is 2. The number of hydrogen-bond acceptors (Lipinski definition) is 2. The van der Waals surface area contributed by atoms with Crippen molar-refractivity contribution in [2.45, 2.75) is 26.7 Å². The number of nitrogens with one attached hydrogen (secondary N) is 1. The first kappa shape index (κ1) is 13.8. The number of anilines is 3. The summed E-state index contributed by atoms with van der Waals surface area (Å²) in [6.07, 6.45) is 2.28. The van der Waals surface area contributed by atoms with Crippen LogP contribution in [0.2, 0.25) is 5.02 Å². The van der Waals surface area contributed by atoms with E-state index in [1.807, 2.05) is 19.1 Å². The first-order chi connectivity index (χ1) is 9.10. The zero-order valence-electron chi connectivity index (χ0n) is 11.3. The molecule has 0 amide bonds. The van der Waals surface area contributed by atoms with Gasteiger partial charge in [-0.2, -0.15) is 0 Å². The smallest absolute Gasteiger partial charge is 0.0656 e. The summed E-state index contributed by atoms with van der Waals surface area (Å²) in [7, 11) is 0. The van der Waals surface area contributed by atoms with Crippen LogP contribution in [0.25, 0.3) is 0 Å². The molecule has 0 radical (unpaired) electrons. The second-order valence-corrected chi connectivity index (χ2v) is 5.17. The van der Waals surface area contributed by atoms with Crippen LogP contribution in [0.5, 0.6) is 0 Å². The van der Waals surface area contributed by atoms with Crippen LogP contribution in [-0.2, 0) is 6.42 Å². The predicted molar refractivity (Wildman–Crippen MR) is 84.3 cm³/mol. The van der Waals surface area contributed by atoms with Gasteiger partial charge >= 0.3 is 0 Å². The number of hydrogen-bond donors (Lipinski definition) is 2. The molecule has 3 heteroatoms. The van der Waals surface area contributed by atoms with Gasteiger partial charge in [-0.05, 0) is 48.7 Å². The Morgan fingerprint density at radius 1 is 1.16 bits per heavy atom. The van der Waals surface area contributed by atoms with E-state index in [1.165, 1.54) is 12.0 Å². The minimum atomic E-state index is 0.579. The topological polar surface area (TPSA) is 38.0 Å². The van der Waals surface area contributed by atoms with Crippen molar-refractivity contribution in [1.82, 2.24) is 0 Å². The van der Waals surface area contributed by atoms with Crippen LogP contribution in [0.4, 0.5) is 17.1 Å². The molecule has 0 aliphatic heterocycles. The molecule has 0 heterocycles. The van der Waals surface area contributed by atoms with Gasteiger partial charge < -0.3 is 11.1 Å². The van der Waals surface area contributed by atoms with E-state index in [2.05, 4.69) is 36.5 Å². The molecular formula is C16H19ClN2. The van der Waals surface area contributed by atoms with Crippen molar-refractivity contribution in [2.75, 3.05) is 11.1 Å². The molecule has 2 nitrogen and oxygen atoms in total. The number of rotatable bonds is 4. The second-order valence-electron chi connectivity index (χ2n) is 4.76. The Morgan fingerprint density at radius 2 is 1.84 bits per heavy atom. The van der Waals surface area contributed by atoms with E-state index in [9.17, 15) is 0 Å². The average Bonchev–Trinajstić information content (AvgIpc) is 2.38. The minimum Gasteiger partial charge on any atom is -0.398 e. The van der Waals surface area contributed by atoms with Gasteiger partial charge in [0.1, 0.15) is 0 Å². The molecule has 0 aliphatic rings. The van der Waals surface area contributed by atoms with Gasteiger partial charge in [-0.1, -0.05) is 37.1 Å². The molecule has 0 saturated carbocycles. The summed E-state index contributed by atoms with van der Waals surface area (Å²) in [6, 6.07) is 12.2. The highest BCUT2D eigenvalue weighted by atomic mass is 35.5. The van der Waals surface area contributed by atoms with Crippen LogP contribution in [0, 0.1) is 6.92 Å². The maximum Gasteiger partial charge on any atom is 0.0656 e. The fraction of sp³-hybridized carbons (Fsp3) is 0.250. The Morgan fingerprint density at radius 3 is 2.47 bits per heavy atom. The zero-order valence-corrected chi connectivity index (χ0v) is 12.1. The molecule has 100 valence electrons. The van der Waals surface area contributed by atoms with Gasteiger partial charge in [-0.3, -0.25) is 0 Å². The molecule has 0 unspecified atom stereocenters. The lowest BCUT2D eigenvalue weighted by molar-refractivity contribution is 0.922. The molecule has 0 bridgehead atoms. The predicted octanol–water partition coefficient (Wildman–Crippen LogP) is 4.93. The molecule has 2 aromatic carbocycles. The molecule has 0 atom stereocenters. The number of nitrogen functional groups attached to an aromatic ring is 1. The highest BCUT2D eigenvalue weighted by Crippen LogP contribution is 2.29. The maximum atomic E-state index is 6.05. The normalized spacial score (nSPS) is 10.5. The van der Waals surface area contributed by atoms with E-state index in [1.54, 1.807) is 0 Å². The van der Waals surface area contributed by atoms with Crippen LogP contribution in [0.15, 0.2) is 36.4 Å². The Labute approximate surface area is 119 Å². The summed E-state index contributed by atoms with van der Waals surface area (Å²) in [6.45, 7) is 4.20. The van der Waals surface area contributed by atoms with Crippen LogP contribution >= 0.6 is 11.6 Å². The van der Waals surface area contributed by atoms with Crippen LogP contribution in [0.3, 0.4) is 0 Å². The molecule has 0 aromatic heterocycles. The lowest BCUT2D eigenvalue weighted by atomic mass is 10.1. The molecule has 0 spiro atoms. The van der Waals surface area contributed by atoms with E-state index in [0.717, 1.165) is 23.4 Å². The minimum absolute atomic E-state index is 0.579. The summed E-state index contributed by atoms with van der Waals surface area (Å²) in [5.41, 5.74) is 10.9. The van der Waals surface area contributed by atoms with Crippen molar-refractivity contribution < 1.29 is 0 Å². The Kier molecular flexibility index (Phi) is 4.33. The summed E-state index contributed by atoms with van der Waals surface area (Å²) >= 11 is 6.05. The third-order valence-corrected chi connectivity index (χ3v) is 3.44. The third kappa shape index (κ3) is 3.42. The largest absolute Gasteiger partial charge is 0.398 e. The maximum absolute atomic E-state index is 6.05. The molecular weight excluding hydrogens is 256 g/mol. The van der Waals surface area contributed by atoms with Gasteiger partial charge in [-0.25, -0.2) is 0 Å². The Balaban J connectivity index is 2.19. The van der Waals surface area contributed by atoms with Gasteiger partial charge in [-0.15, -0.1) is 0 Å². The SMILES string of the molecule is CCCc1ccc(Nc2cc(Cl)c(N)cc2C)cc1. The molecule has 0 aliphatic carbocycles. The Bertz CT molecular complexity index is 562. The van der Waals surface area contributed by atoms with Gasteiger partial charge in [0.05, 0.1) is 10.7 Å². The second kappa shape index (κ2) is 5.98.